The van der Waals surface area contributed by atoms with Crippen LogP contribution in [0.3, 0.4) is 0 Å². The van der Waals surface area contributed by atoms with E-state index in [4.69, 9.17) is 11.6 Å². The Morgan fingerprint density at radius 3 is 3.07 bits per heavy atom. The molecule has 0 spiro atoms. The second kappa shape index (κ2) is 5.52. The summed E-state index contributed by atoms with van der Waals surface area (Å²) in [7, 11) is 0. The first-order valence-corrected chi connectivity index (χ1v) is 6.22. The zero-order chi connectivity index (χ0) is 10.5. The standard InChI is InChI=1S/C11H18ClN3/c12-4-2-1-3-6-14-8-9-15-7-5-13-11(15)10-14/h5,7H,1-4,6,8-10H2. The Morgan fingerprint density at radius 1 is 1.27 bits per heavy atom. The largest absolute Gasteiger partial charge is 0.333 e. The van der Waals surface area contributed by atoms with Crippen LogP contribution in [0.5, 0.6) is 0 Å². The fourth-order valence-corrected chi connectivity index (χ4v) is 2.21. The van der Waals surface area contributed by atoms with Crippen molar-refractivity contribution in [3.8, 4) is 0 Å². The number of hydrogen-bond donors (Lipinski definition) is 0. The highest BCUT2D eigenvalue weighted by molar-refractivity contribution is 6.17. The van der Waals surface area contributed by atoms with Gasteiger partial charge in [0.1, 0.15) is 5.82 Å². The van der Waals surface area contributed by atoms with Gasteiger partial charge in [-0.05, 0) is 19.4 Å². The predicted molar refractivity (Wildman–Crippen MR) is 62.1 cm³/mol. The Balaban J connectivity index is 1.73. The quantitative estimate of drug-likeness (QED) is 0.568. The number of alkyl halides is 1. The van der Waals surface area contributed by atoms with Crippen LogP contribution < -0.4 is 0 Å². The summed E-state index contributed by atoms with van der Waals surface area (Å²) in [6.45, 7) is 4.44. The number of imidazole rings is 1. The van der Waals surface area contributed by atoms with Gasteiger partial charge >= 0.3 is 0 Å². The second-order valence-electron chi connectivity index (χ2n) is 4.06. The van der Waals surface area contributed by atoms with Gasteiger partial charge in [0, 0.05) is 31.4 Å². The molecule has 0 radical (unpaired) electrons. The zero-order valence-electron chi connectivity index (χ0n) is 9.03. The molecular formula is C11H18ClN3. The van der Waals surface area contributed by atoms with Crippen molar-refractivity contribution in [1.29, 1.82) is 0 Å². The number of nitrogens with zero attached hydrogens (tertiary/aromatic N) is 3. The highest BCUT2D eigenvalue weighted by Gasteiger charge is 2.15. The van der Waals surface area contributed by atoms with Crippen molar-refractivity contribution in [3.05, 3.63) is 18.2 Å². The second-order valence-corrected chi connectivity index (χ2v) is 4.44. The molecule has 0 bridgehead atoms. The summed E-state index contributed by atoms with van der Waals surface area (Å²) in [6.07, 6.45) is 7.61. The van der Waals surface area contributed by atoms with E-state index < -0.39 is 0 Å². The first-order valence-electron chi connectivity index (χ1n) is 5.68. The van der Waals surface area contributed by atoms with Crippen LogP contribution in [0.4, 0.5) is 0 Å². The van der Waals surface area contributed by atoms with E-state index in [1.165, 1.54) is 25.2 Å². The van der Waals surface area contributed by atoms with Gasteiger partial charge in [-0.3, -0.25) is 4.90 Å². The summed E-state index contributed by atoms with van der Waals surface area (Å²) < 4.78 is 2.25. The lowest BCUT2D eigenvalue weighted by Crippen LogP contribution is -2.34. The number of unbranched alkanes of at least 4 members (excludes halogenated alkanes) is 2. The molecular weight excluding hydrogens is 210 g/mol. The van der Waals surface area contributed by atoms with E-state index in [-0.39, 0.29) is 0 Å². The third-order valence-corrected chi connectivity index (χ3v) is 3.20. The van der Waals surface area contributed by atoms with Crippen molar-refractivity contribution in [3.63, 3.8) is 0 Å². The minimum atomic E-state index is 0.796. The van der Waals surface area contributed by atoms with Crippen LogP contribution in [-0.4, -0.2) is 33.4 Å². The smallest absolute Gasteiger partial charge is 0.122 e. The summed E-state index contributed by atoms with van der Waals surface area (Å²) in [5, 5.41) is 0. The van der Waals surface area contributed by atoms with Crippen molar-refractivity contribution >= 4 is 11.6 Å². The summed E-state index contributed by atoms with van der Waals surface area (Å²) in [5.74, 6) is 2.00. The molecule has 1 aromatic heterocycles. The van der Waals surface area contributed by atoms with Gasteiger partial charge in [0.2, 0.25) is 0 Å². The Kier molecular flexibility index (Phi) is 4.03. The highest BCUT2D eigenvalue weighted by atomic mass is 35.5. The lowest BCUT2D eigenvalue weighted by atomic mass is 10.2. The first kappa shape index (κ1) is 11.0. The molecule has 0 aromatic carbocycles. The molecule has 2 heterocycles. The first-order chi connectivity index (χ1) is 7.40. The number of hydrogen-bond acceptors (Lipinski definition) is 2. The molecule has 0 unspecified atom stereocenters. The lowest BCUT2D eigenvalue weighted by Gasteiger charge is -2.27. The van der Waals surface area contributed by atoms with Crippen LogP contribution >= 0.6 is 11.6 Å². The fraction of sp³-hybridized carbons (Fsp3) is 0.727. The van der Waals surface area contributed by atoms with Gasteiger partial charge in [-0.2, -0.15) is 0 Å². The van der Waals surface area contributed by atoms with Gasteiger partial charge in [-0.1, -0.05) is 6.42 Å². The van der Waals surface area contributed by atoms with Crippen LogP contribution in [0, 0.1) is 0 Å². The average Bonchev–Trinajstić information content (AvgIpc) is 2.71. The number of halogens is 1. The van der Waals surface area contributed by atoms with E-state index in [0.717, 1.165) is 31.9 Å². The number of aromatic nitrogens is 2. The summed E-state index contributed by atoms with van der Waals surface area (Å²) in [5.41, 5.74) is 0. The number of fused-ring (bicyclic) bond motifs is 1. The van der Waals surface area contributed by atoms with Gasteiger partial charge in [0.25, 0.3) is 0 Å². The SMILES string of the molecule is ClCCCCCN1CCn2ccnc2C1. The zero-order valence-corrected chi connectivity index (χ0v) is 9.79. The number of rotatable bonds is 5. The average molecular weight is 228 g/mol. The fourth-order valence-electron chi connectivity index (χ4n) is 2.02. The Labute approximate surface area is 96.0 Å². The molecule has 0 N–H and O–H groups in total. The molecule has 0 saturated carbocycles. The summed E-state index contributed by atoms with van der Waals surface area (Å²) in [6, 6.07) is 0. The molecule has 1 aliphatic rings. The molecule has 3 nitrogen and oxygen atoms in total. The maximum atomic E-state index is 5.65. The third-order valence-electron chi connectivity index (χ3n) is 2.93. The molecule has 15 heavy (non-hydrogen) atoms. The van der Waals surface area contributed by atoms with Gasteiger partial charge < -0.3 is 4.57 Å². The van der Waals surface area contributed by atoms with E-state index in [0.29, 0.717) is 0 Å². The van der Waals surface area contributed by atoms with Crippen LogP contribution in [0.2, 0.25) is 0 Å². The maximum Gasteiger partial charge on any atom is 0.122 e. The van der Waals surface area contributed by atoms with Gasteiger partial charge in [0.15, 0.2) is 0 Å². The Bertz CT molecular complexity index is 298. The Hall–Kier alpha value is -0.540. The van der Waals surface area contributed by atoms with Gasteiger partial charge in [0.05, 0.1) is 6.54 Å². The van der Waals surface area contributed by atoms with Crippen LogP contribution in [0.15, 0.2) is 12.4 Å². The molecule has 4 heteroatoms. The van der Waals surface area contributed by atoms with E-state index in [1.807, 2.05) is 6.20 Å². The topological polar surface area (TPSA) is 21.1 Å². The molecule has 84 valence electrons. The molecule has 0 saturated heterocycles. The molecule has 0 aliphatic carbocycles. The monoisotopic (exact) mass is 227 g/mol. The third kappa shape index (κ3) is 2.95. The summed E-state index contributed by atoms with van der Waals surface area (Å²) >= 11 is 5.65. The normalized spacial score (nSPS) is 16.6. The molecule has 1 aliphatic heterocycles. The van der Waals surface area contributed by atoms with Crippen molar-refractivity contribution in [2.75, 3.05) is 19.0 Å². The molecule has 0 fully saturated rings. The van der Waals surface area contributed by atoms with E-state index in [1.54, 1.807) is 0 Å². The van der Waals surface area contributed by atoms with E-state index in [9.17, 15) is 0 Å². The molecule has 0 amide bonds. The minimum Gasteiger partial charge on any atom is -0.333 e. The molecule has 2 rings (SSSR count). The molecule has 0 atom stereocenters. The van der Waals surface area contributed by atoms with Crippen molar-refractivity contribution in [2.24, 2.45) is 0 Å². The van der Waals surface area contributed by atoms with Crippen molar-refractivity contribution in [1.82, 2.24) is 14.5 Å². The van der Waals surface area contributed by atoms with Crippen LogP contribution in [0.1, 0.15) is 25.1 Å². The highest BCUT2D eigenvalue weighted by Crippen LogP contribution is 2.11. The maximum absolute atomic E-state index is 5.65. The van der Waals surface area contributed by atoms with Crippen LogP contribution in [-0.2, 0) is 13.1 Å². The van der Waals surface area contributed by atoms with Gasteiger partial charge in [-0.15, -0.1) is 11.6 Å². The van der Waals surface area contributed by atoms with Gasteiger partial charge in [-0.25, -0.2) is 4.98 Å². The predicted octanol–water partition coefficient (Wildman–Crippen LogP) is 2.11. The van der Waals surface area contributed by atoms with Crippen molar-refractivity contribution in [2.45, 2.75) is 32.4 Å². The van der Waals surface area contributed by atoms with Crippen LogP contribution in [0.25, 0.3) is 0 Å². The van der Waals surface area contributed by atoms with E-state index >= 15 is 0 Å². The van der Waals surface area contributed by atoms with E-state index in [2.05, 4.69) is 20.6 Å². The van der Waals surface area contributed by atoms with Crippen molar-refractivity contribution < 1.29 is 0 Å². The minimum absolute atomic E-state index is 0.796. The lowest BCUT2D eigenvalue weighted by molar-refractivity contribution is 0.213. The Morgan fingerprint density at radius 2 is 2.20 bits per heavy atom. The molecule has 1 aromatic rings. The summed E-state index contributed by atoms with van der Waals surface area (Å²) in [4.78, 5) is 6.83.